The van der Waals surface area contributed by atoms with Gasteiger partial charge in [-0.05, 0) is 29.8 Å². The van der Waals surface area contributed by atoms with Gasteiger partial charge in [0.05, 0.1) is 22.6 Å². The number of aromatic carboxylic acids is 1. The van der Waals surface area contributed by atoms with Crippen LogP contribution in [0.4, 0.5) is 13.2 Å². The van der Waals surface area contributed by atoms with Crippen LogP contribution in [0.25, 0.3) is 23.2 Å². The maximum Gasteiger partial charge on any atom is 0.416 e. The van der Waals surface area contributed by atoms with Crippen LogP contribution in [0.1, 0.15) is 27.3 Å². The molecule has 0 spiro atoms. The molecule has 0 atom stereocenters. The summed E-state index contributed by atoms with van der Waals surface area (Å²) in [6.07, 6.45) is -1.24. The van der Waals surface area contributed by atoms with Crippen molar-refractivity contribution in [2.45, 2.75) is 6.18 Å². The SMILES string of the molecule is O=C([O-])c1cccc2[nH]c(/C=C/c3ccc(C(F)(F)F)cc3)nc12. The number of rotatable bonds is 3. The Bertz CT molecular complexity index is 925. The molecule has 3 rings (SSSR count). The first-order valence-electron chi connectivity index (χ1n) is 6.90. The van der Waals surface area contributed by atoms with E-state index in [-0.39, 0.29) is 11.1 Å². The number of carbonyl (C=O) groups is 1. The maximum absolute atomic E-state index is 12.5. The van der Waals surface area contributed by atoms with Crippen LogP contribution in [-0.2, 0) is 6.18 Å². The van der Waals surface area contributed by atoms with Crippen LogP contribution in [0.3, 0.4) is 0 Å². The number of aromatic amines is 1. The highest BCUT2D eigenvalue weighted by molar-refractivity contribution is 6.00. The van der Waals surface area contributed by atoms with Gasteiger partial charge >= 0.3 is 6.18 Å². The Labute approximate surface area is 134 Å². The number of carboxylic acid groups (broad SMARTS) is 1. The van der Waals surface area contributed by atoms with Crippen LogP contribution in [0.5, 0.6) is 0 Å². The van der Waals surface area contributed by atoms with Gasteiger partial charge in [0.1, 0.15) is 5.82 Å². The van der Waals surface area contributed by atoms with E-state index >= 15 is 0 Å². The minimum Gasteiger partial charge on any atom is -0.545 e. The molecule has 24 heavy (non-hydrogen) atoms. The first-order chi connectivity index (χ1) is 11.3. The first kappa shape index (κ1) is 15.8. The van der Waals surface area contributed by atoms with Gasteiger partial charge in [-0.25, -0.2) is 4.98 Å². The number of fused-ring (bicyclic) bond motifs is 1. The molecular formula is C17H10F3N2O2-. The molecule has 2 aromatic carbocycles. The summed E-state index contributed by atoms with van der Waals surface area (Å²) < 4.78 is 37.5. The van der Waals surface area contributed by atoms with E-state index in [4.69, 9.17) is 0 Å². The number of benzene rings is 2. The predicted molar refractivity (Wildman–Crippen MR) is 80.8 cm³/mol. The van der Waals surface area contributed by atoms with Gasteiger partial charge in [0.2, 0.25) is 0 Å². The number of hydrogen-bond donors (Lipinski definition) is 1. The predicted octanol–water partition coefficient (Wildman–Crippen LogP) is 3.12. The molecule has 0 saturated carbocycles. The molecule has 122 valence electrons. The number of aromatic nitrogens is 2. The van der Waals surface area contributed by atoms with E-state index in [0.717, 1.165) is 12.1 Å². The topological polar surface area (TPSA) is 68.8 Å². The molecule has 1 aromatic heterocycles. The number of nitrogens with zero attached hydrogens (tertiary/aromatic N) is 1. The Morgan fingerprint density at radius 3 is 2.42 bits per heavy atom. The molecule has 7 heteroatoms. The van der Waals surface area contributed by atoms with Crippen molar-refractivity contribution >= 4 is 29.2 Å². The zero-order chi connectivity index (χ0) is 17.3. The minimum absolute atomic E-state index is 0.0297. The van der Waals surface area contributed by atoms with Crippen LogP contribution in [0.15, 0.2) is 42.5 Å². The van der Waals surface area contributed by atoms with Crippen molar-refractivity contribution in [2.75, 3.05) is 0 Å². The van der Waals surface area contributed by atoms with Crippen molar-refractivity contribution in [3.05, 3.63) is 65.0 Å². The number of imidazole rings is 1. The summed E-state index contributed by atoms with van der Waals surface area (Å²) in [6.45, 7) is 0. The fourth-order valence-electron chi connectivity index (χ4n) is 2.25. The number of H-pyrrole nitrogens is 1. The standard InChI is InChI=1S/C17H11F3N2O2/c18-17(19,20)11-7-4-10(5-8-11)6-9-14-21-13-3-1-2-12(16(23)24)15(13)22-14/h1-9H,(H,21,22)(H,23,24)/p-1/b9-6+. The van der Waals surface area contributed by atoms with E-state index in [1.807, 2.05) is 0 Å². The fraction of sp³-hybridized carbons (Fsp3) is 0.0588. The van der Waals surface area contributed by atoms with Crippen molar-refractivity contribution < 1.29 is 23.1 Å². The number of carbonyl (C=O) groups excluding carboxylic acids is 1. The summed E-state index contributed by atoms with van der Waals surface area (Å²) >= 11 is 0. The molecule has 0 unspecified atom stereocenters. The van der Waals surface area contributed by atoms with E-state index in [0.29, 0.717) is 16.9 Å². The molecular weight excluding hydrogens is 321 g/mol. The van der Waals surface area contributed by atoms with Crippen molar-refractivity contribution in [2.24, 2.45) is 0 Å². The van der Waals surface area contributed by atoms with Gasteiger partial charge < -0.3 is 14.9 Å². The molecule has 1 N–H and O–H groups in total. The van der Waals surface area contributed by atoms with Crippen molar-refractivity contribution in [1.82, 2.24) is 9.97 Å². The zero-order valence-electron chi connectivity index (χ0n) is 12.1. The highest BCUT2D eigenvalue weighted by Gasteiger charge is 2.29. The fourth-order valence-corrected chi connectivity index (χ4v) is 2.25. The molecule has 0 amide bonds. The second kappa shape index (κ2) is 5.84. The molecule has 1 heterocycles. The molecule has 0 bridgehead atoms. The smallest absolute Gasteiger partial charge is 0.416 e. The lowest BCUT2D eigenvalue weighted by Gasteiger charge is -2.05. The number of hydrogen-bond acceptors (Lipinski definition) is 3. The lowest BCUT2D eigenvalue weighted by molar-refractivity contribution is -0.254. The van der Waals surface area contributed by atoms with Gasteiger partial charge in [-0.2, -0.15) is 13.2 Å². The Balaban J connectivity index is 1.88. The molecule has 0 aliphatic heterocycles. The van der Waals surface area contributed by atoms with Gasteiger partial charge in [-0.1, -0.05) is 30.3 Å². The van der Waals surface area contributed by atoms with Gasteiger partial charge in [-0.15, -0.1) is 0 Å². The average molecular weight is 331 g/mol. The van der Waals surface area contributed by atoms with E-state index < -0.39 is 17.7 Å². The monoisotopic (exact) mass is 331 g/mol. The Hall–Kier alpha value is -3.09. The number of alkyl halides is 3. The molecule has 0 saturated heterocycles. The van der Waals surface area contributed by atoms with Crippen molar-refractivity contribution in [3.8, 4) is 0 Å². The summed E-state index contributed by atoms with van der Waals surface area (Å²) in [7, 11) is 0. The lowest BCUT2D eigenvalue weighted by atomic mass is 10.1. The zero-order valence-corrected chi connectivity index (χ0v) is 12.1. The molecule has 0 aliphatic rings. The Morgan fingerprint density at radius 2 is 1.79 bits per heavy atom. The van der Waals surface area contributed by atoms with Gasteiger partial charge in [0.25, 0.3) is 0 Å². The van der Waals surface area contributed by atoms with E-state index in [2.05, 4.69) is 9.97 Å². The quantitative estimate of drug-likeness (QED) is 0.802. The van der Waals surface area contributed by atoms with Gasteiger partial charge in [0.15, 0.2) is 0 Å². The Kier molecular flexibility index (Phi) is 3.84. The molecule has 0 radical (unpaired) electrons. The first-order valence-corrected chi connectivity index (χ1v) is 6.90. The molecule has 0 fully saturated rings. The van der Waals surface area contributed by atoms with Crippen LogP contribution in [0, 0.1) is 0 Å². The molecule has 3 aromatic rings. The van der Waals surface area contributed by atoms with Crippen molar-refractivity contribution in [3.63, 3.8) is 0 Å². The highest BCUT2D eigenvalue weighted by atomic mass is 19.4. The maximum atomic E-state index is 12.5. The normalized spacial score (nSPS) is 12.1. The summed E-state index contributed by atoms with van der Waals surface area (Å²) in [4.78, 5) is 18.1. The largest absolute Gasteiger partial charge is 0.545 e. The Morgan fingerprint density at radius 1 is 1.08 bits per heavy atom. The van der Waals surface area contributed by atoms with E-state index in [1.165, 1.54) is 18.2 Å². The van der Waals surface area contributed by atoms with Gasteiger partial charge in [-0.3, -0.25) is 0 Å². The molecule has 0 aliphatic carbocycles. The minimum atomic E-state index is -4.37. The summed E-state index contributed by atoms with van der Waals surface area (Å²) in [6, 6.07) is 9.29. The third-order valence-corrected chi connectivity index (χ3v) is 3.42. The number of halogens is 3. The van der Waals surface area contributed by atoms with Crippen LogP contribution >= 0.6 is 0 Å². The van der Waals surface area contributed by atoms with Crippen LogP contribution < -0.4 is 5.11 Å². The highest BCUT2D eigenvalue weighted by Crippen LogP contribution is 2.29. The number of nitrogens with one attached hydrogen (secondary N) is 1. The van der Waals surface area contributed by atoms with Crippen LogP contribution in [0.2, 0.25) is 0 Å². The van der Waals surface area contributed by atoms with E-state index in [9.17, 15) is 23.1 Å². The summed E-state index contributed by atoms with van der Waals surface area (Å²) in [5.74, 6) is -0.941. The lowest BCUT2D eigenvalue weighted by Crippen LogP contribution is -2.22. The number of para-hydroxylation sites is 1. The van der Waals surface area contributed by atoms with Crippen LogP contribution in [-0.4, -0.2) is 15.9 Å². The summed E-state index contributed by atoms with van der Waals surface area (Å²) in [5.41, 5.74) is 0.608. The average Bonchev–Trinajstić information content (AvgIpc) is 2.95. The second-order valence-corrected chi connectivity index (χ2v) is 5.06. The summed E-state index contributed by atoms with van der Waals surface area (Å²) in [5, 5.41) is 11.0. The number of carboxylic acids is 1. The third-order valence-electron chi connectivity index (χ3n) is 3.42. The van der Waals surface area contributed by atoms with E-state index in [1.54, 1.807) is 24.3 Å². The third kappa shape index (κ3) is 3.15. The second-order valence-electron chi connectivity index (χ2n) is 5.06. The molecule has 4 nitrogen and oxygen atoms in total. The van der Waals surface area contributed by atoms with Crippen molar-refractivity contribution in [1.29, 1.82) is 0 Å². The van der Waals surface area contributed by atoms with Gasteiger partial charge in [0, 0.05) is 5.56 Å².